The van der Waals surface area contributed by atoms with Crippen LogP contribution in [0.5, 0.6) is 0 Å². The lowest BCUT2D eigenvalue weighted by Crippen LogP contribution is -2.21. The predicted molar refractivity (Wildman–Crippen MR) is 138 cm³/mol. The molecular weight excluding hydrogens is 452 g/mol. The number of nitrogens with zero attached hydrogens (tertiary/aromatic N) is 3. The fraction of sp³-hybridized carbons (Fsp3) is 0.192. The topological polar surface area (TPSA) is 58.1 Å². The molecule has 2 aromatic carbocycles. The first-order valence-corrected chi connectivity index (χ1v) is 12.2. The normalized spacial score (nSPS) is 13.8. The second-order valence-corrected chi connectivity index (χ2v) is 9.57. The Kier molecular flexibility index (Phi) is 6.20. The third kappa shape index (κ3) is 4.68. The van der Waals surface area contributed by atoms with Gasteiger partial charge in [0.25, 0.3) is 5.91 Å². The third-order valence-corrected chi connectivity index (χ3v) is 7.24. The maximum absolute atomic E-state index is 13.0. The second kappa shape index (κ2) is 9.41. The van der Waals surface area contributed by atoms with Gasteiger partial charge in [0.15, 0.2) is 0 Å². The lowest BCUT2D eigenvalue weighted by molar-refractivity contribution is 0.102. The first-order chi connectivity index (χ1) is 16.1. The molecule has 0 saturated carbocycles. The molecule has 2 aromatic heterocycles. The van der Waals surface area contributed by atoms with Crippen LogP contribution < -0.4 is 9.62 Å². The molecule has 0 atom stereocenters. The Morgan fingerprint density at radius 1 is 1.09 bits per heavy atom. The highest BCUT2D eigenvalue weighted by molar-refractivity contribution is 8.00. The summed E-state index contributed by atoms with van der Waals surface area (Å²) in [6.45, 7) is 3.02. The molecule has 33 heavy (non-hydrogen) atoms. The Balaban J connectivity index is 1.38. The van der Waals surface area contributed by atoms with Gasteiger partial charge in [-0.2, -0.15) is 0 Å². The summed E-state index contributed by atoms with van der Waals surface area (Å²) in [7, 11) is 0. The molecule has 0 spiro atoms. The van der Waals surface area contributed by atoms with Crippen LogP contribution in [0.3, 0.4) is 0 Å². The average molecular weight is 475 g/mol. The van der Waals surface area contributed by atoms with E-state index in [1.165, 1.54) is 12.8 Å². The van der Waals surface area contributed by atoms with Gasteiger partial charge in [0.1, 0.15) is 0 Å². The standard InChI is InChI=1S/C26H23ClN4OS/c1-17-14-20(31-12-2-3-13-33-31)6-7-21(17)26(32)29-19-5-8-23(27)22(15-19)25-9-4-18-16-28-11-10-24(18)30-25/h4-11,14-16H,2-3,12-13H2,1H3,(H,29,32). The van der Waals surface area contributed by atoms with Crippen molar-refractivity contribution in [3.8, 4) is 11.3 Å². The van der Waals surface area contributed by atoms with E-state index in [0.29, 0.717) is 16.3 Å². The zero-order valence-electron chi connectivity index (χ0n) is 18.2. The van der Waals surface area contributed by atoms with Crippen LogP contribution in [0.2, 0.25) is 5.02 Å². The molecule has 5 rings (SSSR count). The summed E-state index contributed by atoms with van der Waals surface area (Å²) in [5.74, 6) is 1.000. The Bertz CT molecular complexity index is 1340. The van der Waals surface area contributed by atoms with E-state index in [1.54, 1.807) is 18.5 Å². The van der Waals surface area contributed by atoms with Crippen molar-refractivity contribution >= 4 is 51.7 Å². The highest BCUT2D eigenvalue weighted by Gasteiger charge is 2.16. The average Bonchev–Trinajstić information content (AvgIpc) is 2.85. The number of aryl methyl sites for hydroxylation is 1. The summed E-state index contributed by atoms with van der Waals surface area (Å²) in [4.78, 5) is 21.9. The number of aromatic nitrogens is 2. The number of pyridine rings is 2. The summed E-state index contributed by atoms with van der Waals surface area (Å²) in [5.41, 5.74) is 5.79. The van der Waals surface area contributed by atoms with E-state index >= 15 is 0 Å². The molecule has 1 saturated heterocycles. The summed E-state index contributed by atoms with van der Waals surface area (Å²) in [6.07, 6.45) is 5.96. The van der Waals surface area contributed by atoms with Gasteiger partial charge in [-0.1, -0.05) is 11.6 Å². The van der Waals surface area contributed by atoms with Gasteiger partial charge in [0.05, 0.1) is 16.2 Å². The Hall–Kier alpha value is -3.09. The van der Waals surface area contributed by atoms with Crippen LogP contribution in [-0.4, -0.2) is 28.2 Å². The minimum atomic E-state index is -0.142. The van der Waals surface area contributed by atoms with Crippen molar-refractivity contribution in [3.05, 3.63) is 83.1 Å². The molecule has 1 amide bonds. The molecule has 1 fully saturated rings. The van der Waals surface area contributed by atoms with E-state index in [1.807, 2.05) is 61.3 Å². The molecule has 5 nitrogen and oxygen atoms in total. The molecular formula is C26H23ClN4OS. The molecule has 0 aliphatic carbocycles. The Labute approximate surface area is 202 Å². The molecule has 166 valence electrons. The maximum Gasteiger partial charge on any atom is 0.255 e. The van der Waals surface area contributed by atoms with Gasteiger partial charge in [-0.05, 0) is 91.9 Å². The number of halogens is 1. The number of hydrogen-bond donors (Lipinski definition) is 1. The van der Waals surface area contributed by atoms with Gasteiger partial charge in [0.2, 0.25) is 0 Å². The molecule has 3 heterocycles. The molecule has 7 heteroatoms. The number of fused-ring (bicyclic) bond motifs is 1. The number of hydrogen-bond acceptors (Lipinski definition) is 5. The first-order valence-electron chi connectivity index (χ1n) is 10.9. The largest absolute Gasteiger partial charge is 0.322 e. The Morgan fingerprint density at radius 2 is 2.00 bits per heavy atom. The van der Waals surface area contributed by atoms with Crippen molar-refractivity contribution in [2.24, 2.45) is 0 Å². The summed E-state index contributed by atoms with van der Waals surface area (Å²) in [5, 5.41) is 4.56. The first kappa shape index (κ1) is 21.7. The highest BCUT2D eigenvalue weighted by atomic mass is 35.5. The van der Waals surface area contributed by atoms with Crippen LogP contribution in [0.15, 0.2) is 67.0 Å². The fourth-order valence-electron chi connectivity index (χ4n) is 3.97. The number of rotatable bonds is 4. The van der Waals surface area contributed by atoms with Crippen LogP contribution in [0.25, 0.3) is 22.2 Å². The highest BCUT2D eigenvalue weighted by Crippen LogP contribution is 2.32. The van der Waals surface area contributed by atoms with Crippen molar-refractivity contribution in [2.75, 3.05) is 21.9 Å². The quantitative estimate of drug-likeness (QED) is 0.331. The third-order valence-electron chi connectivity index (χ3n) is 5.73. The van der Waals surface area contributed by atoms with Crippen molar-refractivity contribution < 1.29 is 4.79 Å². The van der Waals surface area contributed by atoms with Gasteiger partial charge < -0.3 is 9.62 Å². The molecule has 0 bridgehead atoms. The predicted octanol–water partition coefficient (Wildman–Crippen LogP) is 6.76. The van der Waals surface area contributed by atoms with Crippen LogP contribution in [0, 0.1) is 6.92 Å². The van der Waals surface area contributed by atoms with Crippen molar-refractivity contribution in [1.29, 1.82) is 0 Å². The fourth-order valence-corrected chi connectivity index (χ4v) is 5.26. The van der Waals surface area contributed by atoms with E-state index < -0.39 is 0 Å². The summed E-state index contributed by atoms with van der Waals surface area (Å²) < 4.78 is 2.32. The van der Waals surface area contributed by atoms with Gasteiger partial charge in [0, 0.05) is 52.6 Å². The lowest BCUT2D eigenvalue weighted by atomic mass is 10.1. The minimum absolute atomic E-state index is 0.142. The van der Waals surface area contributed by atoms with E-state index in [9.17, 15) is 4.79 Å². The van der Waals surface area contributed by atoms with E-state index in [2.05, 4.69) is 20.7 Å². The van der Waals surface area contributed by atoms with Gasteiger partial charge in [-0.25, -0.2) is 4.98 Å². The molecule has 1 aliphatic heterocycles. The molecule has 4 aromatic rings. The lowest BCUT2D eigenvalue weighted by Gasteiger charge is -2.27. The molecule has 0 radical (unpaired) electrons. The number of carbonyl (C=O) groups excluding carboxylic acids is 1. The number of anilines is 2. The van der Waals surface area contributed by atoms with Crippen LogP contribution in [0.1, 0.15) is 28.8 Å². The maximum atomic E-state index is 13.0. The SMILES string of the molecule is Cc1cc(N2CCCCS2)ccc1C(=O)Nc1ccc(Cl)c(-c2ccc3cnccc3n2)c1. The van der Waals surface area contributed by atoms with Crippen molar-refractivity contribution in [3.63, 3.8) is 0 Å². The van der Waals surface area contributed by atoms with Crippen LogP contribution >= 0.6 is 23.5 Å². The molecule has 0 unspecified atom stereocenters. The van der Waals surface area contributed by atoms with E-state index in [-0.39, 0.29) is 5.91 Å². The van der Waals surface area contributed by atoms with Gasteiger partial charge >= 0.3 is 0 Å². The van der Waals surface area contributed by atoms with E-state index in [0.717, 1.165) is 45.7 Å². The number of benzene rings is 2. The number of nitrogens with one attached hydrogen (secondary N) is 1. The smallest absolute Gasteiger partial charge is 0.255 e. The second-order valence-electron chi connectivity index (χ2n) is 8.06. The number of amides is 1. The van der Waals surface area contributed by atoms with Crippen LogP contribution in [0.4, 0.5) is 11.4 Å². The molecule has 1 N–H and O–H groups in total. The van der Waals surface area contributed by atoms with Gasteiger partial charge in [-0.3, -0.25) is 9.78 Å². The Morgan fingerprint density at radius 3 is 2.82 bits per heavy atom. The summed E-state index contributed by atoms with van der Waals surface area (Å²) >= 11 is 8.33. The zero-order chi connectivity index (χ0) is 22.8. The van der Waals surface area contributed by atoms with Crippen molar-refractivity contribution in [1.82, 2.24) is 9.97 Å². The number of carbonyl (C=O) groups is 1. The van der Waals surface area contributed by atoms with Crippen molar-refractivity contribution in [2.45, 2.75) is 19.8 Å². The van der Waals surface area contributed by atoms with E-state index in [4.69, 9.17) is 16.6 Å². The molecule has 1 aliphatic rings. The van der Waals surface area contributed by atoms with Crippen LogP contribution in [-0.2, 0) is 0 Å². The minimum Gasteiger partial charge on any atom is -0.322 e. The monoisotopic (exact) mass is 474 g/mol. The summed E-state index contributed by atoms with van der Waals surface area (Å²) in [6, 6.07) is 17.2. The van der Waals surface area contributed by atoms with Gasteiger partial charge in [-0.15, -0.1) is 0 Å². The zero-order valence-corrected chi connectivity index (χ0v) is 19.8.